The van der Waals surface area contributed by atoms with Gasteiger partial charge in [-0.25, -0.2) is 23.5 Å². The summed E-state index contributed by atoms with van der Waals surface area (Å²) in [5.41, 5.74) is 0.153. The average Bonchev–Trinajstić information content (AvgIpc) is 2.76. The van der Waals surface area contributed by atoms with Crippen LogP contribution in [0.2, 0.25) is 5.02 Å². The van der Waals surface area contributed by atoms with Crippen LogP contribution in [0.5, 0.6) is 6.01 Å². The summed E-state index contributed by atoms with van der Waals surface area (Å²) in [4.78, 5) is 31.7. The van der Waals surface area contributed by atoms with Crippen LogP contribution >= 0.6 is 11.6 Å². The second-order valence-electron chi connectivity index (χ2n) is 7.88. The molecule has 3 aromatic rings. The van der Waals surface area contributed by atoms with E-state index >= 15 is 0 Å². The van der Waals surface area contributed by atoms with Gasteiger partial charge in [0.2, 0.25) is 0 Å². The van der Waals surface area contributed by atoms with Crippen molar-refractivity contribution in [1.82, 2.24) is 9.97 Å². The lowest BCUT2D eigenvalue weighted by Crippen LogP contribution is -2.43. The molecule has 1 aromatic heterocycles. The molecule has 8 nitrogen and oxygen atoms in total. The highest BCUT2D eigenvalue weighted by molar-refractivity contribution is 6.33. The van der Waals surface area contributed by atoms with Crippen molar-refractivity contribution in [3.63, 3.8) is 0 Å². The average molecular weight is 489 g/mol. The van der Waals surface area contributed by atoms with Crippen LogP contribution in [-0.4, -0.2) is 33.7 Å². The molecule has 34 heavy (non-hydrogen) atoms. The Hall–Kier alpha value is -3.79. The second kappa shape index (κ2) is 9.60. The molecule has 0 unspecified atom stereocenters. The molecule has 3 N–H and O–H groups in total. The third-order valence-electron chi connectivity index (χ3n) is 5.60. The van der Waals surface area contributed by atoms with Crippen LogP contribution < -0.4 is 15.4 Å². The summed E-state index contributed by atoms with van der Waals surface area (Å²) in [6.45, 7) is -0.0120. The Morgan fingerprint density at radius 3 is 2.29 bits per heavy atom. The second-order valence-corrected chi connectivity index (χ2v) is 8.29. The predicted molar refractivity (Wildman–Crippen MR) is 121 cm³/mol. The van der Waals surface area contributed by atoms with Gasteiger partial charge in [-0.2, -0.15) is 0 Å². The first kappa shape index (κ1) is 23.4. The molecule has 176 valence electrons. The molecule has 11 heteroatoms. The zero-order valence-electron chi connectivity index (χ0n) is 17.6. The number of ether oxygens (including phenoxy) is 1. The fraction of sp³-hybridized carbons (Fsp3) is 0.217. The van der Waals surface area contributed by atoms with Gasteiger partial charge in [0.1, 0.15) is 23.7 Å². The summed E-state index contributed by atoms with van der Waals surface area (Å²) in [5, 5.41) is 14.1. The van der Waals surface area contributed by atoms with Crippen molar-refractivity contribution in [2.45, 2.75) is 19.3 Å². The number of aromatic nitrogens is 2. The highest BCUT2D eigenvalue weighted by Gasteiger charge is 2.45. The minimum absolute atomic E-state index is 0.00390. The van der Waals surface area contributed by atoms with E-state index in [0.29, 0.717) is 24.0 Å². The number of carbonyl (C=O) groups is 2. The molecular weight excluding hydrogens is 470 g/mol. The highest BCUT2D eigenvalue weighted by atomic mass is 35.5. The van der Waals surface area contributed by atoms with Gasteiger partial charge >= 0.3 is 18.0 Å². The van der Waals surface area contributed by atoms with E-state index in [-0.39, 0.29) is 29.0 Å². The van der Waals surface area contributed by atoms with Gasteiger partial charge in [-0.1, -0.05) is 24.1 Å². The van der Waals surface area contributed by atoms with E-state index in [1.165, 1.54) is 30.6 Å². The maximum Gasteiger partial charge on any atom is 0.323 e. The summed E-state index contributed by atoms with van der Waals surface area (Å²) < 4.78 is 33.2. The summed E-state index contributed by atoms with van der Waals surface area (Å²) in [7, 11) is 0. The first-order valence-electron chi connectivity index (χ1n) is 10.3. The lowest BCUT2D eigenvalue weighted by atomic mass is 9.69. The van der Waals surface area contributed by atoms with Gasteiger partial charge in [-0.3, -0.25) is 4.79 Å². The van der Waals surface area contributed by atoms with Crippen molar-refractivity contribution < 1.29 is 28.2 Å². The van der Waals surface area contributed by atoms with Gasteiger partial charge in [0.05, 0.1) is 16.4 Å². The fourth-order valence-corrected chi connectivity index (χ4v) is 3.64. The van der Waals surface area contributed by atoms with Crippen molar-refractivity contribution in [3.8, 4) is 17.1 Å². The minimum Gasteiger partial charge on any atom is -0.481 e. The number of amides is 2. The van der Waals surface area contributed by atoms with Crippen molar-refractivity contribution in [2.24, 2.45) is 5.41 Å². The molecule has 2 amide bonds. The molecule has 0 saturated heterocycles. The summed E-state index contributed by atoms with van der Waals surface area (Å²) in [6.07, 6.45) is 4.81. The van der Waals surface area contributed by atoms with Crippen LogP contribution in [0.3, 0.4) is 0 Å². The summed E-state index contributed by atoms with van der Waals surface area (Å²) >= 11 is 5.87. The number of halogens is 3. The van der Waals surface area contributed by atoms with Gasteiger partial charge in [0, 0.05) is 18.0 Å². The molecule has 0 radical (unpaired) electrons. The number of benzene rings is 2. The molecule has 0 bridgehead atoms. The van der Waals surface area contributed by atoms with Gasteiger partial charge in [-0.15, -0.1) is 0 Å². The van der Waals surface area contributed by atoms with Gasteiger partial charge in [0.15, 0.2) is 0 Å². The van der Waals surface area contributed by atoms with Crippen LogP contribution in [0.25, 0.3) is 11.1 Å². The highest BCUT2D eigenvalue weighted by Crippen LogP contribution is 2.41. The Morgan fingerprint density at radius 2 is 1.71 bits per heavy atom. The number of carbonyl (C=O) groups excluding carboxylic acids is 1. The Balaban J connectivity index is 1.38. The molecule has 0 aliphatic heterocycles. The van der Waals surface area contributed by atoms with Crippen molar-refractivity contribution in [2.75, 3.05) is 17.2 Å². The number of rotatable bonds is 7. The van der Waals surface area contributed by atoms with E-state index in [1.54, 1.807) is 6.07 Å². The molecular formula is C23H19ClF2N4O4. The molecule has 0 atom stereocenters. The normalized spacial score (nSPS) is 14.1. The lowest BCUT2D eigenvalue weighted by molar-refractivity contribution is -0.157. The number of aliphatic carboxylic acids is 1. The van der Waals surface area contributed by atoms with Crippen molar-refractivity contribution in [3.05, 3.63) is 65.4 Å². The van der Waals surface area contributed by atoms with Gasteiger partial charge in [-0.05, 0) is 48.7 Å². The largest absolute Gasteiger partial charge is 0.481 e. The van der Waals surface area contributed by atoms with E-state index in [4.69, 9.17) is 16.3 Å². The molecule has 1 aliphatic carbocycles. The number of nitrogens with one attached hydrogen (secondary N) is 2. The van der Waals surface area contributed by atoms with E-state index in [9.17, 15) is 23.5 Å². The summed E-state index contributed by atoms with van der Waals surface area (Å²) in [6, 6.07) is 6.88. The predicted octanol–water partition coefficient (Wildman–Crippen LogP) is 5.35. The fourth-order valence-electron chi connectivity index (χ4n) is 3.43. The molecule has 0 spiro atoms. The minimum atomic E-state index is -0.894. The van der Waals surface area contributed by atoms with Crippen molar-refractivity contribution in [1.29, 1.82) is 0 Å². The standard InChI is InChI=1S/C23H19ClF2N4O4/c24-16-9-15(25)3-5-18(16)29-21(33)30-19-4-2-13(8-17(19)26)14-10-27-22(28-11-14)34-12-23(20(31)32)6-1-7-23/h2-5,8-11H,1,6-7,12H2,(H,31,32)(H2,29,30,33). The van der Waals surface area contributed by atoms with Crippen LogP contribution in [0, 0.1) is 17.0 Å². The van der Waals surface area contributed by atoms with E-state index in [2.05, 4.69) is 20.6 Å². The smallest absolute Gasteiger partial charge is 0.323 e. The number of nitrogens with zero attached hydrogens (tertiary/aromatic N) is 2. The Morgan fingerprint density at radius 1 is 1.03 bits per heavy atom. The molecule has 1 aliphatic rings. The maximum atomic E-state index is 14.6. The van der Waals surface area contributed by atoms with E-state index in [1.807, 2.05) is 0 Å². The number of hydrogen-bond acceptors (Lipinski definition) is 5. The topological polar surface area (TPSA) is 113 Å². The number of hydrogen-bond donors (Lipinski definition) is 3. The number of carboxylic acid groups (broad SMARTS) is 1. The first-order chi connectivity index (χ1) is 16.3. The Kier molecular flexibility index (Phi) is 6.60. The first-order valence-corrected chi connectivity index (χ1v) is 10.6. The number of carboxylic acids is 1. The quantitative estimate of drug-likeness (QED) is 0.413. The zero-order chi connectivity index (χ0) is 24.3. The maximum absolute atomic E-state index is 14.6. The van der Waals surface area contributed by atoms with E-state index < -0.39 is 29.0 Å². The van der Waals surface area contributed by atoms with Crippen LogP contribution in [-0.2, 0) is 4.79 Å². The van der Waals surface area contributed by atoms with Crippen LogP contribution in [0.15, 0.2) is 48.8 Å². The Labute approximate surface area is 197 Å². The third kappa shape index (κ3) is 5.07. The molecule has 1 saturated carbocycles. The lowest BCUT2D eigenvalue weighted by Gasteiger charge is -2.36. The van der Waals surface area contributed by atoms with Crippen molar-refractivity contribution >= 4 is 35.0 Å². The number of urea groups is 1. The number of anilines is 2. The zero-order valence-corrected chi connectivity index (χ0v) is 18.4. The third-order valence-corrected chi connectivity index (χ3v) is 5.91. The monoisotopic (exact) mass is 488 g/mol. The van der Waals surface area contributed by atoms with Gasteiger partial charge in [0.25, 0.3) is 0 Å². The van der Waals surface area contributed by atoms with Crippen LogP contribution in [0.4, 0.5) is 25.0 Å². The van der Waals surface area contributed by atoms with E-state index in [0.717, 1.165) is 18.6 Å². The van der Waals surface area contributed by atoms with Gasteiger partial charge < -0.3 is 20.5 Å². The molecule has 4 rings (SSSR count). The Bertz CT molecular complexity index is 1240. The SMILES string of the molecule is O=C(Nc1ccc(-c2cnc(OCC3(C(=O)O)CCC3)nc2)cc1F)Nc1ccc(F)cc1Cl. The molecule has 2 aromatic carbocycles. The molecule has 1 fully saturated rings. The summed E-state index contributed by atoms with van der Waals surface area (Å²) in [5.74, 6) is -2.15. The van der Waals surface area contributed by atoms with Crippen LogP contribution in [0.1, 0.15) is 19.3 Å². The molecule has 1 heterocycles.